The molecular formula is C28H27Cl2F2N3O3. The van der Waals surface area contributed by atoms with Gasteiger partial charge < -0.3 is 15.7 Å². The molecule has 1 unspecified atom stereocenters. The molecule has 200 valence electrons. The maximum atomic E-state index is 14.9. The topological polar surface area (TPSA) is 91.3 Å². The van der Waals surface area contributed by atoms with E-state index in [4.69, 9.17) is 23.2 Å². The van der Waals surface area contributed by atoms with Crippen molar-refractivity contribution < 1.29 is 23.5 Å². The van der Waals surface area contributed by atoms with Gasteiger partial charge in [-0.25, -0.2) is 18.6 Å². The Hall–Kier alpha value is -3.23. The largest absolute Gasteiger partial charge is 0.480 e. The minimum absolute atomic E-state index is 0.0288. The molecule has 0 radical (unpaired) electrons. The molecule has 0 spiro atoms. The molecule has 0 saturated heterocycles. The van der Waals surface area contributed by atoms with Crippen molar-refractivity contribution >= 4 is 40.9 Å². The number of carbonyl (C=O) groups is 2. The molecule has 38 heavy (non-hydrogen) atoms. The van der Waals surface area contributed by atoms with Crippen LogP contribution in [-0.4, -0.2) is 34.6 Å². The first-order chi connectivity index (χ1) is 18.1. The van der Waals surface area contributed by atoms with Crippen LogP contribution in [0, 0.1) is 0 Å². The number of nitrogens with zero attached hydrogens (tertiary/aromatic N) is 1. The van der Waals surface area contributed by atoms with Crippen molar-refractivity contribution in [1.82, 2.24) is 10.3 Å². The zero-order valence-corrected chi connectivity index (χ0v) is 22.0. The van der Waals surface area contributed by atoms with Crippen LogP contribution in [0.5, 0.6) is 0 Å². The van der Waals surface area contributed by atoms with Crippen molar-refractivity contribution in [1.29, 1.82) is 0 Å². The van der Waals surface area contributed by atoms with E-state index in [-0.39, 0.29) is 40.4 Å². The molecule has 1 aliphatic heterocycles. The van der Waals surface area contributed by atoms with Gasteiger partial charge >= 0.3 is 5.97 Å². The molecule has 10 heteroatoms. The number of carbonyl (C=O) groups excluding carboxylic acids is 1. The van der Waals surface area contributed by atoms with Crippen molar-refractivity contribution in [3.05, 3.63) is 92.6 Å². The third-order valence-corrected chi connectivity index (χ3v) is 7.11. The second kappa shape index (κ2) is 12.1. The quantitative estimate of drug-likeness (QED) is 0.270. The van der Waals surface area contributed by atoms with E-state index in [1.165, 1.54) is 36.4 Å². The molecule has 3 aromatic rings. The summed E-state index contributed by atoms with van der Waals surface area (Å²) < 4.78 is 29.8. The smallest absolute Gasteiger partial charge is 0.326 e. The minimum Gasteiger partial charge on any atom is -0.480 e. The third kappa shape index (κ3) is 6.79. The number of amides is 1. The Morgan fingerprint density at radius 1 is 1.08 bits per heavy atom. The van der Waals surface area contributed by atoms with Gasteiger partial charge in [-0.15, -0.1) is 0 Å². The van der Waals surface area contributed by atoms with Crippen LogP contribution in [0.4, 0.5) is 14.6 Å². The van der Waals surface area contributed by atoms with Gasteiger partial charge in [0.2, 0.25) is 0 Å². The summed E-state index contributed by atoms with van der Waals surface area (Å²) in [6.45, 7) is 0.868. The predicted octanol–water partition coefficient (Wildman–Crippen LogP) is 6.29. The lowest BCUT2D eigenvalue weighted by Gasteiger charge is -2.19. The molecule has 2 aromatic carbocycles. The van der Waals surface area contributed by atoms with E-state index in [2.05, 4.69) is 15.6 Å². The van der Waals surface area contributed by atoms with Crippen molar-refractivity contribution in [2.24, 2.45) is 0 Å². The highest BCUT2D eigenvalue weighted by molar-refractivity contribution is 6.39. The molecule has 0 saturated carbocycles. The van der Waals surface area contributed by atoms with E-state index >= 15 is 0 Å². The summed E-state index contributed by atoms with van der Waals surface area (Å²) in [5.41, 5.74) is 2.24. The number of carboxylic acids is 1. The number of hydrogen-bond donors (Lipinski definition) is 3. The molecule has 0 bridgehead atoms. The SMILES string of the molecule is O=C(NC(Cc1ccc(C(F)(F)CCCc2ccc3c(n2)NCCC3)cc1)C(=O)O)c1c(Cl)cccc1Cl. The van der Waals surface area contributed by atoms with Crippen LogP contribution in [0.1, 0.15) is 52.0 Å². The number of aryl methyl sites for hydroxylation is 2. The Kier molecular flexibility index (Phi) is 8.84. The molecule has 1 amide bonds. The summed E-state index contributed by atoms with van der Waals surface area (Å²) in [6.07, 6.45) is 2.29. The van der Waals surface area contributed by atoms with E-state index in [9.17, 15) is 23.5 Å². The number of aliphatic carboxylic acids is 1. The summed E-state index contributed by atoms with van der Waals surface area (Å²) in [6, 6.07) is 12.6. The van der Waals surface area contributed by atoms with Crippen LogP contribution >= 0.6 is 23.2 Å². The maximum Gasteiger partial charge on any atom is 0.326 e. The lowest BCUT2D eigenvalue weighted by molar-refractivity contribution is -0.139. The minimum atomic E-state index is -3.05. The summed E-state index contributed by atoms with van der Waals surface area (Å²) in [4.78, 5) is 28.9. The van der Waals surface area contributed by atoms with Crippen LogP contribution in [-0.2, 0) is 30.0 Å². The average molecular weight is 562 g/mol. The Morgan fingerprint density at radius 3 is 2.47 bits per heavy atom. The Balaban J connectivity index is 1.35. The van der Waals surface area contributed by atoms with Crippen molar-refractivity contribution in [3.63, 3.8) is 0 Å². The molecule has 1 atom stereocenters. The average Bonchev–Trinajstić information content (AvgIpc) is 2.88. The first-order valence-corrected chi connectivity index (χ1v) is 13.1. The Morgan fingerprint density at radius 2 is 1.79 bits per heavy atom. The molecule has 0 fully saturated rings. The first-order valence-electron chi connectivity index (χ1n) is 12.3. The highest BCUT2D eigenvalue weighted by Crippen LogP contribution is 2.34. The second-order valence-electron chi connectivity index (χ2n) is 9.26. The molecule has 1 aromatic heterocycles. The zero-order valence-electron chi connectivity index (χ0n) is 20.4. The zero-order chi connectivity index (χ0) is 27.3. The van der Waals surface area contributed by atoms with Crippen LogP contribution in [0.2, 0.25) is 10.0 Å². The van der Waals surface area contributed by atoms with E-state index < -0.39 is 23.8 Å². The van der Waals surface area contributed by atoms with Gasteiger partial charge in [0.05, 0.1) is 15.6 Å². The van der Waals surface area contributed by atoms with E-state index in [1.54, 1.807) is 6.07 Å². The van der Waals surface area contributed by atoms with Crippen LogP contribution in [0.3, 0.4) is 0 Å². The van der Waals surface area contributed by atoms with Crippen LogP contribution < -0.4 is 10.6 Å². The fourth-order valence-corrected chi connectivity index (χ4v) is 4.98. The summed E-state index contributed by atoms with van der Waals surface area (Å²) in [7, 11) is 0. The van der Waals surface area contributed by atoms with Crippen molar-refractivity contribution in [2.45, 2.75) is 50.5 Å². The van der Waals surface area contributed by atoms with Crippen molar-refractivity contribution in [3.8, 4) is 0 Å². The predicted molar refractivity (Wildman–Crippen MR) is 143 cm³/mol. The van der Waals surface area contributed by atoms with Gasteiger partial charge in [0, 0.05) is 30.6 Å². The highest BCUT2D eigenvalue weighted by atomic mass is 35.5. The number of fused-ring (bicyclic) bond motifs is 1. The molecule has 2 heterocycles. The van der Waals surface area contributed by atoms with Gasteiger partial charge in [0.15, 0.2) is 0 Å². The number of aromatic nitrogens is 1. The van der Waals surface area contributed by atoms with Gasteiger partial charge in [-0.1, -0.05) is 59.6 Å². The van der Waals surface area contributed by atoms with Crippen LogP contribution in [0.15, 0.2) is 54.6 Å². The number of carboxylic acid groups (broad SMARTS) is 1. The number of nitrogens with one attached hydrogen (secondary N) is 2. The number of anilines is 1. The summed E-state index contributed by atoms with van der Waals surface area (Å²) in [5, 5.41) is 15.4. The lowest BCUT2D eigenvalue weighted by Crippen LogP contribution is -2.42. The standard InChI is InChI=1S/C28H27Cl2F2N3O3/c29-21-6-1-7-22(30)24(21)26(36)35-23(27(37)38)16-17-8-11-19(12-9-17)28(31,32)14-2-5-20-13-10-18-4-3-15-33-25(18)34-20/h1,6-13,23H,2-5,14-16H2,(H,33,34)(H,35,36)(H,37,38). The normalized spacial score (nSPS) is 13.8. The number of halogens is 4. The molecule has 1 aliphatic rings. The maximum absolute atomic E-state index is 14.9. The lowest BCUT2D eigenvalue weighted by atomic mass is 9.98. The number of pyridine rings is 1. The number of rotatable bonds is 10. The number of benzene rings is 2. The van der Waals surface area contributed by atoms with E-state index in [0.717, 1.165) is 36.5 Å². The van der Waals surface area contributed by atoms with E-state index in [1.807, 2.05) is 12.1 Å². The van der Waals surface area contributed by atoms with E-state index in [0.29, 0.717) is 12.0 Å². The number of hydrogen-bond acceptors (Lipinski definition) is 4. The molecule has 6 nitrogen and oxygen atoms in total. The second-order valence-corrected chi connectivity index (χ2v) is 10.1. The van der Waals surface area contributed by atoms with Gasteiger partial charge in [0.25, 0.3) is 11.8 Å². The Bertz CT molecular complexity index is 1300. The monoisotopic (exact) mass is 561 g/mol. The Labute approximate surface area is 229 Å². The molecular weight excluding hydrogens is 535 g/mol. The molecule has 3 N–H and O–H groups in total. The molecule has 0 aliphatic carbocycles. The fraction of sp³-hybridized carbons (Fsp3) is 0.321. The van der Waals surface area contributed by atoms with Gasteiger partial charge in [-0.3, -0.25) is 4.79 Å². The summed E-state index contributed by atoms with van der Waals surface area (Å²) >= 11 is 12.1. The highest BCUT2D eigenvalue weighted by Gasteiger charge is 2.31. The first kappa shape index (κ1) is 27.8. The van der Waals surface area contributed by atoms with Gasteiger partial charge in [-0.2, -0.15) is 0 Å². The fourth-order valence-electron chi connectivity index (χ4n) is 4.41. The summed E-state index contributed by atoms with van der Waals surface area (Å²) in [5.74, 6) is -4.21. The van der Waals surface area contributed by atoms with Crippen LogP contribution in [0.25, 0.3) is 0 Å². The molecule has 4 rings (SSSR count). The third-order valence-electron chi connectivity index (χ3n) is 6.48. The number of alkyl halides is 2. The van der Waals surface area contributed by atoms with Crippen molar-refractivity contribution in [2.75, 3.05) is 11.9 Å². The van der Waals surface area contributed by atoms with Gasteiger partial charge in [0.1, 0.15) is 11.9 Å². The van der Waals surface area contributed by atoms with Gasteiger partial charge in [-0.05, 0) is 55.0 Å².